The Morgan fingerprint density at radius 1 is 0.902 bits per heavy atom. The monoisotopic (exact) mass is 631 g/mol. The molecule has 7 nitrogen and oxygen atoms in total. The van der Waals surface area contributed by atoms with Crippen LogP contribution in [0.25, 0.3) is 16.6 Å². The number of rotatable bonds is 10. The van der Waals surface area contributed by atoms with Crippen LogP contribution >= 0.6 is 15.9 Å². The molecule has 1 atom stereocenters. The van der Waals surface area contributed by atoms with E-state index in [4.69, 9.17) is 9.72 Å². The number of benzene rings is 4. The lowest BCUT2D eigenvalue weighted by Crippen LogP contribution is -2.38. The number of hydrogen-bond donors (Lipinski definition) is 0. The quantitative estimate of drug-likeness (QED) is 0.175. The summed E-state index contributed by atoms with van der Waals surface area (Å²) in [6.45, 7) is 4.39. The van der Waals surface area contributed by atoms with Crippen LogP contribution in [0.1, 0.15) is 31.3 Å². The van der Waals surface area contributed by atoms with Crippen LogP contribution in [0.4, 0.5) is 0 Å². The van der Waals surface area contributed by atoms with Crippen molar-refractivity contribution in [2.45, 2.75) is 31.2 Å². The Kier molecular flexibility index (Phi) is 8.68. The number of sulfonamides is 1. The van der Waals surface area contributed by atoms with Crippen molar-refractivity contribution in [3.63, 3.8) is 0 Å². The van der Waals surface area contributed by atoms with E-state index in [0.29, 0.717) is 41.2 Å². The second-order valence-electron chi connectivity index (χ2n) is 9.54. The van der Waals surface area contributed by atoms with Gasteiger partial charge >= 0.3 is 0 Å². The highest BCUT2D eigenvalue weighted by molar-refractivity contribution is 9.10. The van der Waals surface area contributed by atoms with Crippen molar-refractivity contribution in [3.05, 3.63) is 129 Å². The first-order chi connectivity index (χ1) is 19.8. The minimum atomic E-state index is -3.98. The average Bonchev–Trinajstić information content (AvgIpc) is 2.98. The van der Waals surface area contributed by atoms with Crippen LogP contribution < -0.4 is 10.3 Å². The normalized spacial score (nSPS) is 12.5. The smallest absolute Gasteiger partial charge is 0.266 e. The fourth-order valence-corrected chi connectivity index (χ4v) is 6.67. The summed E-state index contributed by atoms with van der Waals surface area (Å²) in [5, 5.41) is 0.448. The van der Waals surface area contributed by atoms with Gasteiger partial charge in [-0.2, -0.15) is 4.31 Å². The summed E-state index contributed by atoms with van der Waals surface area (Å²) in [6, 6.07) is 29.8. The molecule has 1 aromatic heterocycles. The van der Waals surface area contributed by atoms with E-state index in [0.717, 1.165) is 10.0 Å². The summed E-state index contributed by atoms with van der Waals surface area (Å²) in [5.41, 5.74) is 1.81. The second kappa shape index (κ2) is 12.4. The molecule has 0 N–H and O–H groups in total. The van der Waals surface area contributed by atoms with E-state index in [1.165, 1.54) is 8.87 Å². The summed E-state index contributed by atoms with van der Waals surface area (Å²) in [6.07, 6.45) is 0.488. The van der Waals surface area contributed by atoms with E-state index >= 15 is 0 Å². The molecule has 1 heterocycles. The molecule has 1 unspecified atom stereocenters. The van der Waals surface area contributed by atoms with Gasteiger partial charge < -0.3 is 4.74 Å². The van der Waals surface area contributed by atoms with Crippen LogP contribution in [-0.4, -0.2) is 35.4 Å². The van der Waals surface area contributed by atoms with Gasteiger partial charge in [0.25, 0.3) is 5.56 Å². The zero-order valence-corrected chi connectivity index (χ0v) is 25.2. The summed E-state index contributed by atoms with van der Waals surface area (Å²) in [4.78, 5) is 19.0. The van der Waals surface area contributed by atoms with Gasteiger partial charge in [0.05, 0.1) is 34.1 Å². The number of ether oxygens (including phenoxy) is 1. The van der Waals surface area contributed by atoms with Gasteiger partial charge in [0.15, 0.2) is 0 Å². The Balaban J connectivity index is 1.67. The predicted molar refractivity (Wildman–Crippen MR) is 165 cm³/mol. The molecule has 4 aromatic carbocycles. The predicted octanol–water partition coefficient (Wildman–Crippen LogP) is 6.54. The molecule has 0 bridgehead atoms. The van der Waals surface area contributed by atoms with Gasteiger partial charge in [-0.15, -0.1) is 0 Å². The lowest BCUT2D eigenvalue weighted by Gasteiger charge is -2.30. The van der Waals surface area contributed by atoms with Gasteiger partial charge in [0.1, 0.15) is 11.6 Å². The van der Waals surface area contributed by atoms with Crippen LogP contribution in [0.3, 0.4) is 0 Å². The zero-order chi connectivity index (χ0) is 29.0. The topological polar surface area (TPSA) is 81.5 Å². The van der Waals surface area contributed by atoms with E-state index in [1.807, 2.05) is 43.3 Å². The molecule has 5 rings (SSSR count). The summed E-state index contributed by atoms with van der Waals surface area (Å²) in [7, 11) is -3.98. The largest absolute Gasteiger partial charge is 0.494 e. The molecule has 0 spiro atoms. The standard InChI is InChI=1S/C32H30BrN3O4S/c1-3-40-27-17-15-26(16-18-27)36-31(34-30-12-8-7-11-29(30)32(36)37)23(2)35(22-21-24-9-5-4-6-10-24)41(38,39)28-19-13-25(33)14-20-28/h4-20,23H,3,21-22H2,1-2H3. The molecule has 0 radical (unpaired) electrons. The molecule has 41 heavy (non-hydrogen) atoms. The number of halogens is 1. The molecule has 9 heteroatoms. The summed E-state index contributed by atoms with van der Waals surface area (Å²) < 4.78 is 37.7. The van der Waals surface area contributed by atoms with Crippen LogP contribution in [-0.2, 0) is 16.4 Å². The summed E-state index contributed by atoms with van der Waals surface area (Å²) in [5.74, 6) is 1.00. The SMILES string of the molecule is CCOc1ccc(-n2c(C(C)N(CCc3ccccc3)S(=O)(=O)c3ccc(Br)cc3)nc3ccccc3c2=O)cc1. The molecular weight excluding hydrogens is 602 g/mol. The molecule has 0 aliphatic carbocycles. The highest BCUT2D eigenvalue weighted by atomic mass is 79.9. The van der Waals surface area contributed by atoms with Gasteiger partial charge in [-0.05, 0) is 86.5 Å². The van der Waals surface area contributed by atoms with Gasteiger partial charge in [-0.25, -0.2) is 13.4 Å². The Hall–Kier alpha value is -3.79. The molecule has 0 aliphatic rings. The summed E-state index contributed by atoms with van der Waals surface area (Å²) >= 11 is 3.39. The van der Waals surface area contributed by atoms with E-state index in [2.05, 4.69) is 15.9 Å². The molecule has 0 saturated carbocycles. The zero-order valence-electron chi connectivity index (χ0n) is 22.8. The lowest BCUT2D eigenvalue weighted by atomic mass is 10.1. The van der Waals surface area contributed by atoms with E-state index in [-0.39, 0.29) is 17.0 Å². The number of fused-ring (bicyclic) bond motifs is 1. The Morgan fingerprint density at radius 2 is 1.56 bits per heavy atom. The van der Waals surface area contributed by atoms with Gasteiger partial charge in [-0.3, -0.25) is 9.36 Å². The minimum Gasteiger partial charge on any atom is -0.494 e. The van der Waals surface area contributed by atoms with Crippen molar-refractivity contribution in [1.29, 1.82) is 0 Å². The number of para-hydroxylation sites is 1. The van der Waals surface area contributed by atoms with E-state index in [1.54, 1.807) is 73.7 Å². The molecule has 5 aromatic rings. The lowest BCUT2D eigenvalue weighted by molar-refractivity contribution is 0.330. The van der Waals surface area contributed by atoms with E-state index < -0.39 is 16.1 Å². The second-order valence-corrected chi connectivity index (χ2v) is 12.3. The third-order valence-electron chi connectivity index (χ3n) is 6.90. The number of nitrogens with zero attached hydrogens (tertiary/aromatic N) is 3. The van der Waals surface area contributed by atoms with Crippen molar-refractivity contribution < 1.29 is 13.2 Å². The minimum absolute atomic E-state index is 0.163. The van der Waals surface area contributed by atoms with Crippen molar-refractivity contribution >= 4 is 36.9 Å². The molecule has 210 valence electrons. The van der Waals surface area contributed by atoms with Gasteiger partial charge in [-0.1, -0.05) is 58.4 Å². The van der Waals surface area contributed by atoms with Gasteiger partial charge in [0, 0.05) is 11.0 Å². The third-order valence-corrected chi connectivity index (χ3v) is 9.41. The maximum absolute atomic E-state index is 14.2. The fraction of sp³-hybridized carbons (Fsp3) is 0.188. The maximum atomic E-state index is 14.2. The molecule has 0 aliphatic heterocycles. The average molecular weight is 633 g/mol. The Labute approximate surface area is 248 Å². The van der Waals surface area contributed by atoms with Crippen LogP contribution in [0, 0.1) is 0 Å². The molecule has 0 amide bonds. The number of hydrogen-bond acceptors (Lipinski definition) is 5. The maximum Gasteiger partial charge on any atom is 0.266 e. The van der Waals surface area contributed by atoms with Crippen LogP contribution in [0.15, 0.2) is 117 Å². The van der Waals surface area contributed by atoms with Crippen molar-refractivity contribution in [2.24, 2.45) is 0 Å². The van der Waals surface area contributed by atoms with E-state index in [9.17, 15) is 13.2 Å². The molecule has 0 fully saturated rings. The number of aromatic nitrogens is 2. The van der Waals surface area contributed by atoms with Crippen LogP contribution in [0.5, 0.6) is 5.75 Å². The third kappa shape index (κ3) is 6.12. The van der Waals surface area contributed by atoms with Crippen molar-refractivity contribution in [2.75, 3.05) is 13.2 Å². The van der Waals surface area contributed by atoms with Crippen LogP contribution in [0.2, 0.25) is 0 Å². The van der Waals surface area contributed by atoms with Crippen molar-refractivity contribution in [1.82, 2.24) is 13.9 Å². The first-order valence-electron chi connectivity index (χ1n) is 13.4. The highest BCUT2D eigenvalue weighted by Gasteiger charge is 2.33. The first kappa shape index (κ1) is 28.7. The van der Waals surface area contributed by atoms with Crippen molar-refractivity contribution in [3.8, 4) is 11.4 Å². The Morgan fingerprint density at radius 3 is 2.24 bits per heavy atom. The molecular formula is C32H30BrN3O4S. The molecule has 0 saturated heterocycles. The highest BCUT2D eigenvalue weighted by Crippen LogP contribution is 2.30. The fourth-order valence-electron chi connectivity index (χ4n) is 4.81. The first-order valence-corrected chi connectivity index (χ1v) is 15.6. The van der Waals surface area contributed by atoms with Gasteiger partial charge in [0.2, 0.25) is 10.0 Å². The Bertz CT molecular complexity index is 1810.